The summed E-state index contributed by atoms with van der Waals surface area (Å²) in [6.07, 6.45) is 1.13. The Hall–Kier alpha value is -1.14. The molecule has 0 aliphatic carbocycles. The zero-order chi connectivity index (χ0) is 18.2. The molecule has 2 heterocycles. The van der Waals surface area contributed by atoms with E-state index in [-0.39, 0.29) is 17.4 Å². The quantitative estimate of drug-likeness (QED) is 0.841. The van der Waals surface area contributed by atoms with Gasteiger partial charge in [-0.05, 0) is 30.0 Å². The largest absolute Gasteiger partial charge is 0.342 e. The van der Waals surface area contributed by atoms with Crippen molar-refractivity contribution in [2.45, 2.75) is 32.7 Å². The number of nitrogens with zero attached hydrogens (tertiary/aromatic N) is 2. The number of nitrogens with two attached hydrogens (primary N) is 1. The zero-order valence-corrected chi connectivity index (χ0v) is 16.6. The third-order valence-electron chi connectivity index (χ3n) is 4.71. The number of halogens is 2. The van der Waals surface area contributed by atoms with Crippen molar-refractivity contribution in [1.29, 1.82) is 0 Å². The summed E-state index contributed by atoms with van der Waals surface area (Å²) in [4.78, 5) is 19.1. The molecule has 1 aliphatic rings. The number of carbonyl (C=O) groups excluding carboxylic acids is 1. The van der Waals surface area contributed by atoms with Crippen molar-refractivity contribution in [3.8, 4) is 10.6 Å². The molecule has 0 spiro atoms. The fourth-order valence-electron chi connectivity index (χ4n) is 3.03. The highest BCUT2D eigenvalue weighted by Gasteiger charge is 2.35. The molecule has 7 heteroatoms. The van der Waals surface area contributed by atoms with Crippen LogP contribution in [0.5, 0.6) is 0 Å². The van der Waals surface area contributed by atoms with Crippen LogP contribution in [0.15, 0.2) is 23.6 Å². The van der Waals surface area contributed by atoms with Crippen molar-refractivity contribution in [1.82, 2.24) is 9.88 Å². The third kappa shape index (κ3) is 4.17. The SMILES string of the molecule is CC1(C)CN(C(=O)Cc2csc(-c3ccc(Cl)cc3Cl)n2)CCC1N. The van der Waals surface area contributed by atoms with Crippen LogP contribution in [0.25, 0.3) is 10.6 Å². The number of aromatic nitrogens is 1. The highest BCUT2D eigenvalue weighted by Crippen LogP contribution is 2.33. The minimum Gasteiger partial charge on any atom is -0.342 e. The minimum atomic E-state index is -0.0576. The van der Waals surface area contributed by atoms with E-state index in [4.69, 9.17) is 28.9 Å². The summed E-state index contributed by atoms with van der Waals surface area (Å²) in [6, 6.07) is 5.47. The second-order valence-corrected chi connectivity index (χ2v) is 8.85. The van der Waals surface area contributed by atoms with Gasteiger partial charge in [0.25, 0.3) is 0 Å². The summed E-state index contributed by atoms with van der Waals surface area (Å²) in [6.45, 7) is 5.62. The number of thiazole rings is 1. The minimum absolute atomic E-state index is 0.0576. The highest BCUT2D eigenvalue weighted by molar-refractivity contribution is 7.13. The predicted molar refractivity (Wildman–Crippen MR) is 104 cm³/mol. The molecule has 0 bridgehead atoms. The number of amides is 1. The van der Waals surface area contributed by atoms with Crippen molar-refractivity contribution >= 4 is 40.4 Å². The number of hydrogen-bond donors (Lipinski definition) is 1. The molecule has 3 rings (SSSR count). The second-order valence-electron chi connectivity index (χ2n) is 7.14. The molecule has 1 atom stereocenters. The molecule has 1 aliphatic heterocycles. The van der Waals surface area contributed by atoms with Crippen LogP contribution in [0.3, 0.4) is 0 Å². The number of benzene rings is 1. The van der Waals surface area contributed by atoms with Crippen LogP contribution in [0, 0.1) is 5.41 Å². The fourth-order valence-corrected chi connectivity index (χ4v) is 4.44. The van der Waals surface area contributed by atoms with Gasteiger partial charge in [-0.1, -0.05) is 37.0 Å². The van der Waals surface area contributed by atoms with Crippen LogP contribution in [0.4, 0.5) is 0 Å². The van der Waals surface area contributed by atoms with E-state index < -0.39 is 0 Å². The van der Waals surface area contributed by atoms with Gasteiger partial charge in [0.1, 0.15) is 5.01 Å². The molecule has 4 nitrogen and oxygen atoms in total. The maximum atomic E-state index is 12.6. The molecule has 2 N–H and O–H groups in total. The highest BCUT2D eigenvalue weighted by atomic mass is 35.5. The molecule has 1 unspecified atom stereocenters. The molecule has 1 aromatic heterocycles. The number of carbonyl (C=O) groups is 1. The number of likely N-dealkylation sites (tertiary alicyclic amines) is 1. The summed E-state index contributed by atoms with van der Waals surface area (Å²) in [5.74, 6) is 0.0963. The zero-order valence-electron chi connectivity index (χ0n) is 14.3. The summed E-state index contributed by atoms with van der Waals surface area (Å²) < 4.78 is 0. The van der Waals surface area contributed by atoms with Gasteiger partial charge < -0.3 is 10.6 Å². The van der Waals surface area contributed by atoms with Crippen LogP contribution in [0.2, 0.25) is 10.0 Å². The Morgan fingerprint density at radius 3 is 2.88 bits per heavy atom. The van der Waals surface area contributed by atoms with Crippen LogP contribution in [-0.2, 0) is 11.2 Å². The molecular formula is C18H21Cl2N3OS. The van der Waals surface area contributed by atoms with Gasteiger partial charge >= 0.3 is 0 Å². The maximum absolute atomic E-state index is 12.6. The van der Waals surface area contributed by atoms with Gasteiger partial charge in [-0.25, -0.2) is 4.98 Å². The van der Waals surface area contributed by atoms with Crippen LogP contribution in [-0.4, -0.2) is 34.9 Å². The van der Waals surface area contributed by atoms with Gasteiger partial charge in [-0.3, -0.25) is 4.79 Å². The summed E-state index contributed by atoms with van der Waals surface area (Å²) in [5, 5.41) is 3.86. The first kappa shape index (κ1) is 18.6. The monoisotopic (exact) mass is 397 g/mol. The molecular weight excluding hydrogens is 377 g/mol. The molecule has 1 saturated heterocycles. The van der Waals surface area contributed by atoms with Gasteiger partial charge in [-0.15, -0.1) is 11.3 Å². The molecule has 0 saturated carbocycles. The first-order chi connectivity index (χ1) is 11.8. The van der Waals surface area contributed by atoms with Crippen LogP contribution >= 0.6 is 34.5 Å². The number of hydrogen-bond acceptors (Lipinski definition) is 4. The predicted octanol–water partition coefficient (Wildman–Crippen LogP) is 4.25. The van der Waals surface area contributed by atoms with E-state index >= 15 is 0 Å². The van der Waals surface area contributed by atoms with Gasteiger partial charge in [0.15, 0.2) is 0 Å². The topological polar surface area (TPSA) is 59.2 Å². The lowest BCUT2D eigenvalue weighted by molar-refractivity contribution is -0.133. The van der Waals surface area contributed by atoms with E-state index in [0.717, 1.165) is 22.7 Å². The Labute approximate surface area is 161 Å². The van der Waals surface area contributed by atoms with Gasteiger partial charge in [0, 0.05) is 35.1 Å². The normalized spacial score (nSPS) is 19.9. The molecule has 2 aromatic rings. The first-order valence-electron chi connectivity index (χ1n) is 8.19. The van der Waals surface area contributed by atoms with E-state index in [2.05, 4.69) is 18.8 Å². The van der Waals surface area contributed by atoms with Gasteiger partial charge in [0.05, 0.1) is 17.1 Å². The molecule has 1 aromatic carbocycles. The molecule has 0 radical (unpaired) electrons. The Morgan fingerprint density at radius 1 is 1.44 bits per heavy atom. The Morgan fingerprint density at radius 2 is 2.20 bits per heavy atom. The average molecular weight is 398 g/mol. The summed E-state index contributed by atoms with van der Waals surface area (Å²) in [7, 11) is 0. The first-order valence-corrected chi connectivity index (χ1v) is 9.83. The van der Waals surface area contributed by atoms with E-state index in [0.29, 0.717) is 29.6 Å². The summed E-state index contributed by atoms with van der Waals surface area (Å²) in [5.41, 5.74) is 7.69. The standard InChI is InChI=1S/C18H21Cl2N3OS/c1-18(2)10-23(6-5-15(18)21)16(24)8-12-9-25-17(22-12)13-4-3-11(19)7-14(13)20/h3-4,7,9,15H,5-6,8,10,21H2,1-2H3. The van der Waals surface area contributed by atoms with E-state index in [9.17, 15) is 4.79 Å². The van der Waals surface area contributed by atoms with Gasteiger partial charge in [0.2, 0.25) is 5.91 Å². The Kier molecular flexibility index (Phi) is 5.40. The molecule has 25 heavy (non-hydrogen) atoms. The van der Waals surface area contributed by atoms with Crippen molar-refractivity contribution < 1.29 is 4.79 Å². The van der Waals surface area contributed by atoms with Gasteiger partial charge in [-0.2, -0.15) is 0 Å². The second kappa shape index (κ2) is 7.23. The van der Waals surface area contributed by atoms with E-state index in [1.165, 1.54) is 11.3 Å². The fraction of sp³-hybridized carbons (Fsp3) is 0.444. The van der Waals surface area contributed by atoms with E-state index in [1.807, 2.05) is 16.3 Å². The lowest BCUT2D eigenvalue weighted by atomic mass is 9.79. The molecule has 1 amide bonds. The molecule has 1 fully saturated rings. The average Bonchev–Trinajstić information content (AvgIpc) is 2.98. The van der Waals surface area contributed by atoms with Crippen LogP contribution < -0.4 is 5.73 Å². The van der Waals surface area contributed by atoms with Crippen molar-refractivity contribution in [2.24, 2.45) is 11.1 Å². The van der Waals surface area contributed by atoms with Crippen molar-refractivity contribution in [2.75, 3.05) is 13.1 Å². The Balaban J connectivity index is 1.70. The number of piperidine rings is 1. The van der Waals surface area contributed by atoms with E-state index in [1.54, 1.807) is 12.1 Å². The number of rotatable bonds is 3. The smallest absolute Gasteiger partial charge is 0.228 e. The summed E-state index contributed by atoms with van der Waals surface area (Å²) >= 11 is 13.7. The van der Waals surface area contributed by atoms with Crippen molar-refractivity contribution in [3.63, 3.8) is 0 Å². The Bertz CT molecular complexity index is 790. The lowest BCUT2D eigenvalue weighted by Crippen LogP contribution is -2.54. The third-order valence-corrected chi connectivity index (χ3v) is 6.18. The van der Waals surface area contributed by atoms with Crippen molar-refractivity contribution in [3.05, 3.63) is 39.3 Å². The lowest BCUT2D eigenvalue weighted by Gasteiger charge is -2.42. The maximum Gasteiger partial charge on any atom is 0.228 e. The molecule has 134 valence electrons. The van der Waals surface area contributed by atoms with Crippen LogP contribution in [0.1, 0.15) is 26.0 Å².